The van der Waals surface area contributed by atoms with Crippen molar-refractivity contribution >= 4 is 43.8 Å². The van der Waals surface area contributed by atoms with Crippen molar-refractivity contribution in [1.29, 1.82) is 0 Å². The molecule has 0 radical (unpaired) electrons. The summed E-state index contributed by atoms with van der Waals surface area (Å²) in [6, 6.07) is 13.8. The number of nitro groups is 2. The Morgan fingerprint density at radius 2 is 1.17 bits per heavy atom. The Balaban J connectivity index is 0. The fraction of sp³-hybridized carbons (Fsp3) is 0.176. The van der Waals surface area contributed by atoms with Crippen LogP contribution in [0.4, 0.5) is 0 Å². The molecule has 0 unspecified atom stereocenters. The molecule has 0 spiro atoms. The number of ether oxygens (including phenoxy) is 1. The van der Waals surface area contributed by atoms with Gasteiger partial charge in [0.2, 0.25) is 0 Å². The molecule has 0 aromatic heterocycles. The highest BCUT2D eigenvalue weighted by molar-refractivity contribution is 9.10. The summed E-state index contributed by atoms with van der Waals surface area (Å²) in [5.74, 6) is -1.23. The number of hydrogen-bond donors (Lipinski definition) is 1. The van der Waals surface area contributed by atoms with Crippen molar-refractivity contribution in [3.8, 4) is 0 Å². The van der Waals surface area contributed by atoms with E-state index in [2.05, 4.69) is 36.6 Å². The number of carbonyl (C=O) groups excluding carboxylic acids is 1. The molecule has 0 fully saturated rings. The van der Waals surface area contributed by atoms with Gasteiger partial charge < -0.3 is 9.84 Å². The van der Waals surface area contributed by atoms with E-state index >= 15 is 0 Å². The van der Waals surface area contributed by atoms with Crippen LogP contribution >= 0.6 is 31.9 Å². The Labute approximate surface area is 183 Å². The topological polar surface area (TPSA) is 150 Å². The Morgan fingerprint density at radius 3 is 1.41 bits per heavy atom. The Bertz CT molecular complexity index is 811. The summed E-state index contributed by atoms with van der Waals surface area (Å²) < 4.78 is 5.92. The number of carboxylic acids is 1. The second-order valence-corrected chi connectivity index (χ2v) is 6.34. The number of halogens is 2. The molecule has 1 N–H and O–H groups in total. The molecule has 2 aromatic carbocycles. The van der Waals surface area contributed by atoms with Gasteiger partial charge in [0, 0.05) is 18.8 Å². The van der Waals surface area contributed by atoms with Crippen molar-refractivity contribution in [2.24, 2.45) is 0 Å². The highest BCUT2D eigenvalue weighted by Crippen LogP contribution is 2.16. The number of methoxy groups -OCH3 is 1. The number of hydrogen-bond acceptors (Lipinski definition) is 7. The lowest BCUT2D eigenvalue weighted by Gasteiger charge is -1.99. The van der Waals surface area contributed by atoms with Gasteiger partial charge in [0.05, 0.1) is 18.2 Å². The monoisotopic (exact) mass is 536 g/mol. The van der Waals surface area contributed by atoms with E-state index in [1.54, 1.807) is 42.5 Å². The minimum atomic E-state index is -0.910. The average Bonchev–Trinajstić information content (AvgIpc) is 2.61. The fourth-order valence-electron chi connectivity index (χ4n) is 1.37. The van der Waals surface area contributed by atoms with Gasteiger partial charge in [-0.15, -0.1) is 0 Å². The third kappa shape index (κ3) is 15.9. The third-order valence-corrected chi connectivity index (χ3v) is 3.77. The van der Waals surface area contributed by atoms with Crippen molar-refractivity contribution in [3.63, 3.8) is 0 Å². The molecule has 0 atom stereocenters. The molecule has 0 aliphatic carbocycles. The van der Waals surface area contributed by atoms with Crippen LogP contribution in [-0.4, -0.2) is 48.1 Å². The van der Waals surface area contributed by atoms with E-state index < -0.39 is 15.8 Å². The molecule has 0 aliphatic rings. The maximum Gasteiger partial charge on any atom is 0.338 e. The summed E-state index contributed by atoms with van der Waals surface area (Å²) in [6.07, 6.45) is 0. The zero-order chi connectivity index (χ0) is 23.0. The molecule has 158 valence electrons. The molecule has 12 heteroatoms. The minimum Gasteiger partial charge on any atom is -0.478 e. The lowest BCUT2D eigenvalue weighted by Crippen LogP contribution is -2.01. The van der Waals surface area contributed by atoms with Crippen LogP contribution in [0.5, 0.6) is 0 Å². The van der Waals surface area contributed by atoms with Gasteiger partial charge in [-0.3, -0.25) is 20.2 Å². The number of aromatic carboxylic acids is 1. The zero-order valence-corrected chi connectivity index (χ0v) is 18.7. The number of nitrogens with zero attached hydrogens (tertiary/aromatic N) is 2. The molecule has 2 rings (SSSR count). The fourth-order valence-corrected chi connectivity index (χ4v) is 2.27. The average molecular weight is 538 g/mol. The normalized spacial score (nSPS) is 8.45. The zero-order valence-electron chi connectivity index (χ0n) is 15.6. The van der Waals surface area contributed by atoms with E-state index in [9.17, 15) is 9.59 Å². The highest BCUT2D eigenvalue weighted by Gasteiger charge is 2.07. The summed E-state index contributed by atoms with van der Waals surface area (Å²) in [7, 11) is 3.14. The van der Waals surface area contributed by atoms with E-state index in [1.807, 2.05) is 6.07 Å². The summed E-state index contributed by atoms with van der Waals surface area (Å²) in [5, 5.41) is 26.1. The lowest BCUT2D eigenvalue weighted by molar-refractivity contribution is -0.445. The Morgan fingerprint density at radius 1 is 0.862 bits per heavy atom. The first-order valence-electron chi connectivity index (χ1n) is 7.40. The van der Waals surface area contributed by atoms with Gasteiger partial charge in [-0.25, -0.2) is 9.59 Å². The highest BCUT2D eigenvalue weighted by atomic mass is 79.9. The van der Waals surface area contributed by atoms with Crippen molar-refractivity contribution < 1.29 is 29.3 Å². The summed E-state index contributed by atoms with van der Waals surface area (Å²) in [4.78, 5) is 38.0. The van der Waals surface area contributed by atoms with Gasteiger partial charge in [-0.2, -0.15) is 0 Å². The number of esters is 1. The van der Waals surface area contributed by atoms with E-state index in [0.29, 0.717) is 15.6 Å². The van der Waals surface area contributed by atoms with E-state index in [4.69, 9.17) is 25.3 Å². The van der Waals surface area contributed by atoms with E-state index in [-0.39, 0.29) is 5.97 Å². The van der Waals surface area contributed by atoms with Crippen LogP contribution in [0.25, 0.3) is 0 Å². The number of carboxylic acid groups (broad SMARTS) is 1. The lowest BCUT2D eigenvalue weighted by atomic mass is 10.2. The summed E-state index contributed by atoms with van der Waals surface area (Å²) >= 11 is 6.35. The van der Waals surface area contributed by atoms with Gasteiger partial charge in [0.15, 0.2) is 14.1 Å². The maximum atomic E-state index is 11.0. The van der Waals surface area contributed by atoms with E-state index in [1.165, 1.54) is 7.11 Å². The molecule has 0 aliphatic heterocycles. The number of carbonyl (C=O) groups is 2. The smallest absolute Gasteiger partial charge is 0.338 e. The maximum absolute atomic E-state index is 11.0. The number of rotatable bonds is 2. The van der Waals surface area contributed by atoms with Crippen molar-refractivity contribution in [2.45, 2.75) is 0 Å². The standard InChI is InChI=1S/C8H7BrO2.C7H5BrO2.2CH3NO2/c1-11-8(10)6-4-2-3-5-7(6)9;8-6-4-2-1-3-5(6)7(9)10;2*1-2(3)4/h2-5H,1H3;1-4H,(H,9,10);2*1H3. The first-order valence-corrected chi connectivity index (χ1v) is 8.99. The molecular formula is C17H18Br2N2O8. The molecule has 10 nitrogen and oxygen atoms in total. The largest absolute Gasteiger partial charge is 0.478 e. The van der Waals surface area contributed by atoms with Crippen LogP contribution in [0.2, 0.25) is 0 Å². The Kier molecular flexibility index (Phi) is 15.8. The molecule has 0 heterocycles. The summed E-state index contributed by atoms with van der Waals surface area (Å²) in [5.41, 5.74) is 0.845. The van der Waals surface area contributed by atoms with Crippen LogP contribution in [-0.2, 0) is 4.74 Å². The third-order valence-electron chi connectivity index (χ3n) is 2.38. The van der Waals surface area contributed by atoms with Gasteiger partial charge in [-0.05, 0) is 56.1 Å². The molecule has 0 saturated heterocycles. The van der Waals surface area contributed by atoms with Crippen LogP contribution in [0.3, 0.4) is 0 Å². The van der Waals surface area contributed by atoms with Crippen molar-refractivity contribution in [2.75, 3.05) is 21.2 Å². The van der Waals surface area contributed by atoms with Gasteiger partial charge in [0.25, 0.3) is 0 Å². The van der Waals surface area contributed by atoms with Crippen LogP contribution in [0.15, 0.2) is 57.5 Å². The molecule has 0 saturated carbocycles. The second kappa shape index (κ2) is 16.1. The van der Waals surface area contributed by atoms with Crippen LogP contribution < -0.4 is 0 Å². The molecule has 2 aromatic rings. The quantitative estimate of drug-likeness (QED) is 0.340. The van der Waals surface area contributed by atoms with Gasteiger partial charge >= 0.3 is 11.9 Å². The van der Waals surface area contributed by atoms with Crippen molar-refractivity contribution in [3.05, 3.63) is 88.8 Å². The molecular weight excluding hydrogens is 520 g/mol. The molecule has 0 bridgehead atoms. The Hall–Kier alpha value is -2.86. The predicted octanol–water partition coefficient (Wildman–Crippen LogP) is 4.17. The number of benzene rings is 2. The summed E-state index contributed by atoms with van der Waals surface area (Å²) in [6.45, 7) is 0. The minimum absolute atomic E-state index is 0.294. The van der Waals surface area contributed by atoms with E-state index in [0.717, 1.165) is 18.6 Å². The molecule has 0 amide bonds. The van der Waals surface area contributed by atoms with Crippen LogP contribution in [0.1, 0.15) is 20.7 Å². The SMILES string of the molecule is COC(=O)c1ccccc1Br.C[N+](=O)[O-].C[N+](=O)[O-].O=C(O)c1ccccc1Br. The van der Waals surface area contributed by atoms with Gasteiger partial charge in [0.1, 0.15) is 0 Å². The first-order chi connectivity index (χ1) is 13.4. The second-order valence-electron chi connectivity index (χ2n) is 4.64. The predicted molar refractivity (Wildman–Crippen MR) is 112 cm³/mol. The van der Waals surface area contributed by atoms with Crippen molar-refractivity contribution in [1.82, 2.24) is 0 Å². The first kappa shape index (κ1) is 28.4. The molecule has 29 heavy (non-hydrogen) atoms. The van der Waals surface area contributed by atoms with Gasteiger partial charge in [-0.1, -0.05) is 24.3 Å². The van der Waals surface area contributed by atoms with Crippen LogP contribution in [0, 0.1) is 20.2 Å².